The summed E-state index contributed by atoms with van der Waals surface area (Å²) in [5.74, 6) is 0.624. The van der Waals surface area contributed by atoms with Crippen LogP contribution in [-0.2, 0) is 18.4 Å². The predicted molar refractivity (Wildman–Crippen MR) is 118 cm³/mol. The molecule has 0 bridgehead atoms. The maximum absolute atomic E-state index is 12.8. The van der Waals surface area contributed by atoms with Crippen molar-refractivity contribution in [1.29, 1.82) is 0 Å². The van der Waals surface area contributed by atoms with Crippen molar-refractivity contribution in [2.45, 2.75) is 32.4 Å². The van der Waals surface area contributed by atoms with Gasteiger partial charge in [-0.15, -0.1) is 0 Å². The summed E-state index contributed by atoms with van der Waals surface area (Å²) in [5, 5.41) is 0. The molecule has 1 amide bonds. The molecule has 9 nitrogen and oxygen atoms in total. The van der Waals surface area contributed by atoms with Gasteiger partial charge in [0.15, 0.2) is 0 Å². The van der Waals surface area contributed by atoms with E-state index in [9.17, 15) is 14.4 Å². The van der Waals surface area contributed by atoms with Crippen molar-refractivity contribution >= 4 is 22.9 Å². The minimum Gasteiger partial charge on any atom is -0.342 e. The summed E-state index contributed by atoms with van der Waals surface area (Å²) >= 11 is 0. The molecule has 0 saturated carbocycles. The van der Waals surface area contributed by atoms with Gasteiger partial charge in [-0.2, -0.15) is 0 Å². The molecule has 0 aliphatic carbocycles. The number of fused-ring (bicyclic) bond motifs is 1. The number of benzene rings is 1. The monoisotopic (exact) mass is 422 g/mol. The number of carbonyl (C=O) groups is 1. The van der Waals surface area contributed by atoms with Crippen molar-refractivity contribution in [2.75, 3.05) is 25.0 Å². The van der Waals surface area contributed by atoms with Crippen LogP contribution in [0.1, 0.15) is 31.4 Å². The third-order valence-corrected chi connectivity index (χ3v) is 5.97. The molecule has 1 aromatic carbocycles. The van der Waals surface area contributed by atoms with Crippen LogP contribution < -0.4 is 16.0 Å². The summed E-state index contributed by atoms with van der Waals surface area (Å²) in [7, 11) is 3.37. The highest BCUT2D eigenvalue weighted by Crippen LogP contribution is 2.26. The second-order valence-electron chi connectivity index (χ2n) is 8.01. The fraction of sp³-hybridized carbons (Fsp3) is 0.409. The molecular weight excluding hydrogens is 396 g/mol. The summed E-state index contributed by atoms with van der Waals surface area (Å²) in [5.41, 5.74) is 1.42. The van der Waals surface area contributed by atoms with Gasteiger partial charge in [-0.25, -0.2) is 9.97 Å². The summed E-state index contributed by atoms with van der Waals surface area (Å²) in [6.07, 6.45) is 4.92. The lowest BCUT2D eigenvalue weighted by Gasteiger charge is -2.33. The largest absolute Gasteiger partial charge is 0.342 e. The molecule has 0 atom stereocenters. The minimum absolute atomic E-state index is 0.00958. The van der Waals surface area contributed by atoms with Crippen molar-refractivity contribution in [3.63, 3.8) is 0 Å². The number of aromatic nitrogens is 4. The van der Waals surface area contributed by atoms with Crippen LogP contribution in [0.4, 0.5) is 5.95 Å². The molecule has 0 N–H and O–H groups in total. The molecule has 2 aromatic heterocycles. The van der Waals surface area contributed by atoms with E-state index in [-0.39, 0.29) is 11.9 Å². The average Bonchev–Trinajstić information content (AvgIpc) is 2.79. The van der Waals surface area contributed by atoms with Gasteiger partial charge < -0.3 is 14.4 Å². The first-order valence-electron chi connectivity index (χ1n) is 10.3. The maximum atomic E-state index is 12.8. The molecule has 1 aliphatic heterocycles. The van der Waals surface area contributed by atoms with Crippen LogP contribution >= 0.6 is 0 Å². The second-order valence-corrected chi connectivity index (χ2v) is 8.01. The Morgan fingerprint density at radius 1 is 1.06 bits per heavy atom. The Morgan fingerprint density at radius 2 is 1.68 bits per heavy atom. The fourth-order valence-corrected chi connectivity index (χ4v) is 4.08. The third kappa shape index (κ3) is 3.95. The first-order valence-corrected chi connectivity index (χ1v) is 10.3. The molecule has 3 aromatic rings. The smallest absolute Gasteiger partial charge is 0.317 e. The van der Waals surface area contributed by atoms with Gasteiger partial charge >= 0.3 is 11.1 Å². The van der Waals surface area contributed by atoms with E-state index in [0.717, 1.165) is 29.4 Å². The lowest BCUT2D eigenvalue weighted by molar-refractivity contribution is -0.128. The highest BCUT2D eigenvalue weighted by molar-refractivity contribution is 5.75. The van der Waals surface area contributed by atoms with Gasteiger partial charge in [0.1, 0.15) is 0 Å². The zero-order valence-electron chi connectivity index (χ0n) is 18.0. The molecule has 9 heteroatoms. The van der Waals surface area contributed by atoms with Crippen LogP contribution in [0.25, 0.3) is 11.0 Å². The number of amides is 1. The number of piperidine rings is 1. The van der Waals surface area contributed by atoms with Gasteiger partial charge in [-0.3, -0.25) is 19.0 Å². The van der Waals surface area contributed by atoms with E-state index in [1.165, 1.54) is 11.5 Å². The van der Waals surface area contributed by atoms with E-state index < -0.39 is 11.1 Å². The number of carbonyl (C=O) groups excluding carboxylic acids is 1. The Kier molecular flexibility index (Phi) is 5.58. The van der Waals surface area contributed by atoms with Gasteiger partial charge in [0.2, 0.25) is 11.9 Å². The van der Waals surface area contributed by atoms with Crippen LogP contribution in [0.15, 0.2) is 46.2 Å². The van der Waals surface area contributed by atoms with Gasteiger partial charge in [0, 0.05) is 64.7 Å². The van der Waals surface area contributed by atoms with E-state index in [4.69, 9.17) is 0 Å². The van der Waals surface area contributed by atoms with E-state index in [2.05, 4.69) is 14.9 Å². The normalized spacial score (nSPS) is 14.7. The number of aryl methyl sites for hydroxylation is 1. The number of hydrogen-bond donors (Lipinski definition) is 0. The summed E-state index contributed by atoms with van der Waals surface area (Å²) in [4.78, 5) is 49.3. The molecule has 0 unspecified atom stereocenters. The third-order valence-electron chi connectivity index (χ3n) is 5.97. The predicted octanol–water partition coefficient (Wildman–Crippen LogP) is 1.31. The molecule has 0 spiro atoms. The molecule has 4 rings (SSSR count). The Morgan fingerprint density at radius 3 is 2.29 bits per heavy atom. The number of hydrogen-bond acceptors (Lipinski definition) is 6. The van der Waals surface area contributed by atoms with Crippen molar-refractivity contribution in [3.05, 3.63) is 62.9 Å². The molecular formula is C22H26N6O3. The minimum atomic E-state index is -0.504. The van der Waals surface area contributed by atoms with Gasteiger partial charge in [0.25, 0.3) is 0 Å². The second kappa shape index (κ2) is 8.33. The van der Waals surface area contributed by atoms with Crippen molar-refractivity contribution in [1.82, 2.24) is 24.0 Å². The lowest BCUT2D eigenvalue weighted by atomic mass is 10.0. The standard InChI is InChI=1S/C22H26N6O3/c1-15(29)25(2)14-16-12-23-22(24-13-16)27-10-8-17(9-11-27)28-19-7-5-4-6-18(19)26(3)20(30)21(28)31/h4-7,12-13,17H,8-11,14H2,1-3H3. The highest BCUT2D eigenvalue weighted by atomic mass is 16.2. The van der Waals surface area contributed by atoms with Crippen molar-refractivity contribution < 1.29 is 4.79 Å². The zero-order valence-corrected chi connectivity index (χ0v) is 18.0. The molecule has 162 valence electrons. The first-order chi connectivity index (χ1) is 14.9. The van der Waals surface area contributed by atoms with E-state index in [1.807, 2.05) is 24.3 Å². The molecule has 1 saturated heterocycles. The fourth-order valence-electron chi connectivity index (χ4n) is 4.08. The molecule has 1 fully saturated rings. The lowest BCUT2D eigenvalue weighted by Crippen LogP contribution is -2.45. The summed E-state index contributed by atoms with van der Waals surface area (Å²) in [6.45, 7) is 3.37. The average molecular weight is 422 g/mol. The van der Waals surface area contributed by atoms with Gasteiger partial charge in [-0.1, -0.05) is 12.1 Å². The Hall–Kier alpha value is -3.49. The molecule has 31 heavy (non-hydrogen) atoms. The number of anilines is 1. The van der Waals surface area contributed by atoms with Gasteiger partial charge in [-0.05, 0) is 25.0 Å². The maximum Gasteiger partial charge on any atom is 0.317 e. The van der Waals surface area contributed by atoms with E-state index >= 15 is 0 Å². The molecule has 1 aliphatic rings. The van der Waals surface area contributed by atoms with Crippen molar-refractivity contribution in [2.24, 2.45) is 7.05 Å². The Bertz CT molecular complexity index is 1220. The Labute approximate surface area is 179 Å². The molecule has 0 radical (unpaired) electrons. The van der Waals surface area contributed by atoms with Crippen molar-refractivity contribution in [3.8, 4) is 0 Å². The van der Waals surface area contributed by atoms with Gasteiger partial charge in [0.05, 0.1) is 11.0 Å². The quantitative estimate of drug-likeness (QED) is 0.589. The van der Waals surface area contributed by atoms with E-state index in [0.29, 0.717) is 25.6 Å². The SMILES string of the molecule is CC(=O)N(C)Cc1cnc(N2CCC(n3c(=O)c(=O)n(C)c4ccccc43)CC2)nc1. The first kappa shape index (κ1) is 20.8. The molecule has 3 heterocycles. The summed E-state index contributed by atoms with van der Waals surface area (Å²) < 4.78 is 3.08. The van der Waals surface area contributed by atoms with Crippen LogP contribution in [0.3, 0.4) is 0 Å². The number of rotatable bonds is 4. The topological polar surface area (TPSA) is 93.3 Å². The van der Waals surface area contributed by atoms with Crippen LogP contribution in [0, 0.1) is 0 Å². The summed E-state index contributed by atoms with van der Waals surface area (Å²) in [6, 6.07) is 7.46. The number of para-hydroxylation sites is 2. The van der Waals surface area contributed by atoms with Crippen LogP contribution in [0.2, 0.25) is 0 Å². The van der Waals surface area contributed by atoms with Crippen LogP contribution in [0.5, 0.6) is 0 Å². The van der Waals surface area contributed by atoms with Crippen LogP contribution in [-0.4, -0.2) is 50.0 Å². The highest BCUT2D eigenvalue weighted by Gasteiger charge is 2.25. The number of nitrogens with zero attached hydrogens (tertiary/aromatic N) is 6. The zero-order chi connectivity index (χ0) is 22.1. The van der Waals surface area contributed by atoms with E-state index in [1.54, 1.807) is 36.0 Å². The Balaban J connectivity index is 1.52.